The van der Waals surface area contributed by atoms with E-state index in [9.17, 15) is 55.5 Å². The van der Waals surface area contributed by atoms with Gasteiger partial charge < -0.3 is 64.8 Å². The Morgan fingerprint density at radius 2 is 0.863 bits per heavy atom. The topological polar surface area (TPSA) is 378 Å². The van der Waals surface area contributed by atoms with Crippen LogP contribution in [0.25, 0.3) is 0 Å². The lowest BCUT2D eigenvalue weighted by atomic mass is 9.74. The molecule has 9 heterocycles. The van der Waals surface area contributed by atoms with Crippen LogP contribution in [0, 0.1) is 35.5 Å². The van der Waals surface area contributed by atoms with E-state index in [1.165, 1.54) is 28.6 Å². The molecule has 5 amide bonds. The summed E-state index contributed by atoms with van der Waals surface area (Å²) in [7, 11) is -5.88. The van der Waals surface area contributed by atoms with E-state index in [0.29, 0.717) is 133 Å². The van der Waals surface area contributed by atoms with Crippen molar-refractivity contribution in [1.29, 1.82) is 0 Å². The average molecular weight is 1710 g/mol. The predicted molar refractivity (Wildman–Crippen MR) is 466 cm³/mol. The summed E-state index contributed by atoms with van der Waals surface area (Å²) >= 11 is 0. The van der Waals surface area contributed by atoms with Crippen molar-refractivity contribution in [3.63, 3.8) is 0 Å². The van der Waals surface area contributed by atoms with Crippen molar-refractivity contribution >= 4 is 78.4 Å². The largest absolute Gasteiger partial charge is 0.478 e. The van der Waals surface area contributed by atoms with Crippen molar-refractivity contribution in [3.8, 4) is 35.5 Å². The number of hydrogen-bond donors (Lipinski definition) is 6. The van der Waals surface area contributed by atoms with Crippen LogP contribution in [0.15, 0.2) is 224 Å². The standard InChI is InChI=1S/C33H37N5O5.C33H29N3O6S.C29H29N3O5S/c1-3-42-30(39)20-27(36-35-2)31(40)38-22-33(26-19-24(21-34)10-13-28(26)38)15-17-37(18-16-33)32(41)29-14-12-25(43-29)11-9-23-7-5-4-6-8-23;34-21-24-10-13-29-28(19-24)33(22-36(29)43(40,41)27-8-4-7-25(20-27)32(38)39)15-17-35(18-16-33)31(37)30-14-12-26(42-30)11-9-23-5-2-1-3-6-23;1-38(35,36)19-27(33)32-20-29(24-17-22(18-30)8-11-25(24)32)13-15-31(16-14-29)28(34)26-12-10-23(37-26)9-7-21-5-3-2-4-6-21/h4-8,10,12-14,19,27,35-36H,3,15-18,20-22,34H2,1-2H3;1-8,10,12-14,19-20H,15-18,21-22,34H2,(H,38,39);2-6,8,10-12,17H,13-16,18-20,30H2,1H3. The predicted octanol–water partition coefficient (Wildman–Crippen LogP) is 9.63. The maximum atomic E-state index is 13.9. The molecule has 7 aromatic carbocycles. The van der Waals surface area contributed by atoms with Gasteiger partial charge in [-0.05, 0) is 213 Å². The van der Waals surface area contributed by atoms with Gasteiger partial charge in [0.05, 0.1) is 29.2 Å². The van der Waals surface area contributed by atoms with Gasteiger partial charge in [-0.25, -0.2) is 27.1 Å². The third kappa shape index (κ3) is 19.3. The van der Waals surface area contributed by atoms with Crippen molar-refractivity contribution < 1.29 is 73.5 Å². The molecule has 3 fully saturated rings. The summed E-state index contributed by atoms with van der Waals surface area (Å²) in [4.78, 5) is 99.0. The number of carbonyl (C=O) groups excluding carboxylic acids is 6. The van der Waals surface area contributed by atoms with Crippen LogP contribution in [0.2, 0.25) is 0 Å². The number of piperidine rings is 3. The first-order valence-electron chi connectivity index (χ1n) is 40.9. The highest BCUT2D eigenvalue weighted by Crippen LogP contribution is 2.52. The number of carbonyl (C=O) groups is 7. The van der Waals surface area contributed by atoms with E-state index in [4.69, 9.17) is 35.2 Å². The van der Waals surface area contributed by atoms with Crippen LogP contribution >= 0.6 is 0 Å². The second kappa shape index (κ2) is 37.7. The number of nitrogens with two attached hydrogens (primary N) is 3. The summed E-state index contributed by atoms with van der Waals surface area (Å²) in [5.74, 6) is 16.4. The van der Waals surface area contributed by atoms with Gasteiger partial charge in [-0.2, -0.15) is 0 Å². The monoisotopic (exact) mass is 1710 g/mol. The third-order valence-electron chi connectivity index (χ3n) is 23.5. The van der Waals surface area contributed by atoms with Gasteiger partial charge in [0.25, 0.3) is 27.7 Å². The Balaban J connectivity index is 0.000000152. The zero-order valence-corrected chi connectivity index (χ0v) is 70.5. The minimum absolute atomic E-state index is 0.0881. The Morgan fingerprint density at radius 1 is 0.476 bits per heavy atom. The number of anilines is 3. The highest BCUT2D eigenvalue weighted by molar-refractivity contribution is 7.93. The minimum Gasteiger partial charge on any atom is -0.478 e. The number of amides is 5. The van der Waals surface area contributed by atoms with E-state index in [1.807, 2.05) is 133 Å². The molecule has 3 spiro atoms. The number of sulfonamides is 1. The zero-order valence-electron chi connectivity index (χ0n) is 68.9. The Bertz CT molecular complexity index is 6130. The number of sulfone groups is 1. The van der Waals surface area contributed by atoms with Crippen LogP contribution in [0.1, 0.15) is 161 Å². The molecule has 638 valence electrons. The fourth-order valence-corrected chi connectivity index (χ4v) is 19.2. The number of hydrazine groups is 1. The third-order valence-corrected chi connectivity index (χ3v) is 26.0. The number of carboxylic acids is 1. The number of fused-ring (bicyclic) bond motifs is 6. The molecule has 0 radical (unpaired) electrons. The first kappa shape index (κ1) is 87.2. The second-order valence-corrected chi connectivity index (χ2v) is 35.5. The van der Waals surface area contributed by atoms with Crippen LogP contribution < -0.4 is 42.2 Å². The van der Waals surface area contributed by atoms with Crippen LogP contribution in [-0.4, -0.2) is 169 Å². The molecule has 1 unspecified atom stereocenters. The molecule has 9 N–H and O–H groups in total. The molecule has 16 rings (SSSR count). The van der Waals surface area contributed by atoms with Crippen molar-refractivity contribution in [2.24, 2.45) is 17.2 Å². The van der Waals surface area contributed by atoms with Gasteiger partial charge in [0.15, 0.2) is 44.4 Å². The van der Waals surface area contributed by atoms with Crippen molar-refractivity contribution in [1.82, 2.24) is 25.6 Å². The highest BCUT2D eigenvalue weighted by Gasteiger charge is 2.52. The smallest absolute Gasteiger partial charge is 0.335 e. The first-order valence-corrected chi connectivity index (χ1v) is 44.4. The Kier molecular flexibility index (Phi) is 26.5. The van der Waals surface area contributed by atoms with Crippen LogP contribution in [0.5, 0.6) is 0 Å². The summed E-state index contributed by atoms with van der Waals surface area (Å²) in [5.41, 5.74) is 32.5. The number of nitrogens with one attached hydrogen (secondary N) is 2. The second-order valence-electron chi connectivity index (χ2n) is 31.5. The fraction of sp³-hybridized carbons (Fsp3) is 0.295. The Hall–Kier alpha value is -13.2. The molecule has 29 heteroatoms. The number of rotatable bonds is 17. The number of likely N-dealkylation sites (tertiary alicyclic amines) is 3. The summed E-state index contributed by atoms with van der Waals surface area (Å²) in [6.07, 6.45) is 4.60. The van der Waals surface area contributed by atoms with Gasteiger partial charge >= 0.3 is 11.9 Å². The van der Waals surface area contributed by atoms with Gasteiger partial charge in [0, 0.05) is 129 Å². The zero-order chi connectivity index (χ0) is 87.5. The summed E-state index contributed by atoms with van der Waals surface area (Å²) in [6, 6.07) is 60.4. The highest BCUT2D eigenvalue weighted by atomic mass is 32.2. The van der Waals surface area contributed by atoms with E-state index in [0.717, 1.165) is 67.7 Å². The molecule has 1 atom stereocenters. The van der Waals surface area contributed by atoms with Crippen molar-refractivity contribution in [3.05, 3.63) is 296 Å². The molecule has 124 heavy (non-hydrogen) atoms. The average Bonchev–Trinajstić information content (AvgIpc) is 1.59. The van der Waals surface area contributed by atoms with Gasteiger partial charge in [-0.3, -0.25) is 38.5 Å². The maximum Gasteiger partial charge on any atom is 0.335 e. The van der Waals surface area contributed by atoms with Gasteiger partial charge in [0.2, 0.25) is 11.8 Å². The number of ether oxygens (including phenoxy) is 1. The molecule has 3 saturated heterocycles. The molecular formula is C95H95N11O16S2. The normalized spacial score (nSPS) is 15.9. The van der Waals surface area contributed by atoms with E-state index < -0.39 is 54.9 Å². The summed E-state index contributed by atoms with van der Waals surface area (Å²) in [5, 5.41) is 9.42. The molecule has 6 aliphatic rings. The molecule has 0 saturated carbocycles. The number of esters is 1. The number of hydrogen-bond acceptors (Lipinski definition) is 20. The molecule has 6 aliphatic heterocycles. The summed E-state index contributed by atoms with van der Waals surface area (Å²) in [6.45, 7) is 6.78. The molecule has 3 aromatic heterocycles. The van der Waals surface area contributed by atoms with Gasteiger partial charge in [0.1, 0.15) is 11.8 Å². The Morgan fingerprint density at radius 3 is 1.25 bits per heavy atom. The van der Waals surface area contributed by atoms with E-state index in [-0.39, 0.29) is 81.8 Å². The van der Waals surface area contributed by atoms with Crippen LogP contribution in [0.4, 0.5) is 17.1 Å². The quantitative estimate of drug-likeness (QED) is 0.0280. The number of benzene rings is 7. The minimum atomic E-state index is -4.07. The van der Waals surface area contributed by atoms with Crippen molar-refractivity contribution in [2.45, 2.75) is 98.7 Å². The molecule has 27 nitrogen and oxygen atoms in total. The first-order chi connectivity index (χ1) is 59.7. The number of furan rings is 3. The van der Waals surface area contributed by atoms with Gasteiger partial charge in [-0.15, -0.1) is 0 Å². The molecule has 0 bridgehead atoms. The lowest BCUT2D eigenvalue weighted by Crippen LogP contribution is -2.53. The lowest BCUT2D eigenvalue weighted by Gasteiger charge is -2.39. The van der Waals surface area contributed by atoms with E-state index >= 15 is 0 Å². The number of carboxylic acid groups (broad SMARTS) is 1. The molecular weight excluding hydrogens is 1620 g/mol. The van der Waals surface area contributed by atoms with Crippen LogP contribution in [-0.2, 0) is 74.9 Å². The Labute approximate surface area is 719 Å². The van der Waals surface area contributed by atoms with Crippen molar-refractivity contribution in [2.75, 3.05) is 98.7 Å². The molecule has 0 aliphatic carbocycles. The maximum absolute atomic E-state index is 13.9. The lowest BCUT2D eigenvalue weighted by molar-refractivity contribution is -0.145. The SMILES string of the molecule is CCOC(=O)CC(NNC)C(=O)N1CC2(CCN(C(=O)c3ccc(C#Cc4ccccc4)o3)CC2)c2cc(CN)ccc21.CS(=O)(=O)CC(=O)N1CC2(CCN(C(=O)c3ccc(C#Cc4ccccc4)o3)CC2)c2cc(CN)ccc21.NCc1ccc2c(c1)C1(CCN(C(=O)c3ccc(C#Cc4ccccc4)o3)CC1)CN2S(=O)(=O)c1cccc(C(=O)O)c1. The van der Waals surface area contributed by atoms with E-state index in [1.54, 1.807) is 80.9 Å². The summed E-state index contributed by atoms with van der Waals surface area (Å²) < 4.78 is 75.1. The number of aromatic carboxylic acids is 1. The van der Waals surface area contributed by atoms with E-state index in [2.05, 4.69) is 52.4 Å². The molecule has 10 aromatic rings. The number of nitrogens with zero attached hydrogens (tertiary/aromatic N) is 6. The fourth-order valence-electron chi connectivity index (χ4n) is 17.0. The van der Waals surface area contributed by atoms with Gasteiger partial charge in [-0.1, -0.05) is 115 Å². The van der Waals surface area contributed by atoms with Crippen LogP contribution in [0.3, 0.4) is 0 Å².